The Hall–Kier alpha value is -1.43. The number of aliphatic hydroxyl groups is 1. The topological polar surface area (TPSA) is 53.2 Å². The van der Waals surface area contributed by atoms with E-state index in [2.05, 4.69) is 0 Å². The zero-order chi connectivity index (χ0) is 7.40. The number of nitriles is 1. The summed E-state index contributed by atoms with van der Waals surface area (Å²) in [6.45, 7) is 0.360. The van der Waals surface area contributed by atoms with Gasteiger partial charge in [-0.3, -0.25) is 0 Å². The van der Waals surface area contributed by atoms with Crippen LogP contribution in [0, 0.1) is 11.3 Å². The maximum atomic E-state index is 8.90. The van der Waals surface area contributed by atoms with Gasteiger partial charge < -0.3 is 9.84 Å². The van der Waals surface area contributed by atoms with Crippen molar-refractivity contribution in [1.82, 2.24) is 0 Å². The van der Waals surface area contributed by atoms with E-state index in [4.69, 9.17) is 15.1 Å². The fourth-order valence-corrected chi connectivity index (χ4v) is 0.680. The lowest BCUT2D eigenvalue weighted by molar-refractivity contribution is 0.227. The quantitative estimate of drug-likeness (QED) is 0.591. The average Bonchev–Trinajstić information content (AvgIpc) is 1.88. The van der Waals surface area contributed by atoms with Crippen molar-refractivity contribution in [3.05, 3.63) is 23.7 Å². The van der Waals surface area contributed by atoms with Crippen molar-refractivity contribution in [2.75, 3.05) is 6.61 Å². The third-order valence-corrected chi connectivity index (χ3v) is 1.12. The summed E-state index contributed by atoms with van der Waals surface area (Å²) in [4.78, 5) is 0. The van der Waals surface area contributed by atoms with E-state index in [1.165, 1.54) is 6.08 Å². The van der Waals surface area contributed by atoms with Crippen LogP contribution in [0.2, 0.25) is 0 Å². The van der Waals surface area contributed by atoms with E-state index in [1.54, 1.807) is 6.08 Å². The molecule has 0 aliphatic carbocycles. The highest BCUT2D eigenvalue weighted by atomic mass is 16.5. The van der Waals surface area contributed by atoms with Crippen LogP contribution in [0.3, 0.4) is 0 Å². The second-order valence-electron chi connectivity index (χ2n) is 1.89. The zero-order valence-corrected chi connectivity index (χ0v) is 5.37. The molecule has 1 aliphatic rings. The summed E-state index contributed by atoms with van der Waals surface area (Å²) in [6, 6.07) is 1.93. The fraction of sp³-hybridized carbons (Fsp3) is 0.286. The molecule has 0 saturated heterocycles. The maximum Gasteiger partial charge on any atom is 0.118 e. The molecule has 0 atom stereocenters. The zero-order valence-electron chi connectivity index (χ0n) is 5.37. The van der Waals surface area contributed by atoms with Gasteiger partial charge in [-0.05, 0) is 6.08 Å². The molecule has 0 aromatic rings. The molecule has 0 spiro atoms. The lowest BCUT2D eigenvalue weighted by Gasteiger charge is -2.09. The third-order valence-electron chi connectivity index (χ3n) is 1.12. The first-order valence-electron chi connectivity index (χ1n) is 2.92. The summed E-state index contributed by atoms with van der Waals surface area (Å²) in [5.74, 6) is 0.707. The van der Waals surface area contributed by atoms with Crippen LogP contribution in [-0.2, 0) is 4.74 Å². The summed E-state index contributed by atoms with van der Waals surface area (Å²) < 4.78 is 4.99. The molecule has 1 rings (SSSR count). The van der Waals surface area contributed by atoms with Gasteiger partial charge in [0.1, 0.15) is 18.1 Å². The number of hydrogen-bond donors (Lipinski definition) is 1. The average molecular weight is 137 g/mol. The molecule has 1 aliphatic heterocycles. The van der Waals surface area contributed by atoms with Gasteiger partial charge in [0, 0.05) is 6.08 Å². The van der Waals surface area contributed by atoms with Gasteiger partial charge in [0.05, 0.1) is 12.5 Å². The van der Waals surface area contributed by atoms with Gasteiger partial charge in [-0.15, -0.1) is 0 Å². The molecule has 52 valence electrons. The summed E-state index contributed by atoms with van der Waals surface area (Å²) in [7, 11) is 0. The van der Waals surface area contributed by atoms with Crippen molar-refractivity contribution in [1.29, 1.82) is 5.26 Å². The van der Waals surface area contributed by atoms with Crippen molar-refractivity contribution >= 4 is 0 Å². The molecular formula is C7H7NO2. The largest absolute Gasteiger partial charge is 0.508 e. The lowest BCUT2D eigenvalue weighted by Crippen LogP contribution is -1.99. The van der Waals surface area contributed by atoms with Crippen LogP contribution >= 0.6 is 0 Å². The maximum absolute atomic E-state index is 8.90. The third kappa shape index (κ3) is 1.52. The molecule has 0 aromatic carbocycles. The van der Waals surface area contributed by atoms with E-state index in [1.807, 2.05) is 6.07 Å². The Kier molecular flexibility index (Phi) is 1.96. The molecule has 3 nitrogen and oxygen atoms in total. The van der Waals surface area contributed by atoms with Crippen molar-refractivity contribution < 1.29 is 9.84 Å². The van der Waals surface area contributed by atoms with Crippen molar-refractivity contribution in [3.63, 3.8) is 0 Å². The van der Waals surface area contributed by atoms with E-state index in [0.717, 1.165) is 0 Å². The van der Waals surface area contributed by atoms with Gasteiger partial charge in [-0.25, -0.2) is 0 Å². The van der Waals surface area contributed by atoms with Crippen molar-refractivity contribution in [2.45, 2.75) is 6.42 Å². The van der Waals surface area contributed by atoms with Gasteiger partial charge in [0.15, 0.2) is 0 Å². The summed E-state index contributed by atoms with van der Waals surface area (Å²) in [6.07, 6.45) is 3.21. The van der Waals surface area contributed by atoms with Crippen LogP contribution in [0.25, 0.3) is 0 Å². The van der Waals surface area contributed by atoms with Crippen LogP contribution < -0.4 is 0 Å². The molecule has 0 unspecified atom stereocenters. The molecule has 1 heterocycles. The number of hydrogen-bond acceptors (Lipinski definition) is 3. The molecule has 0 amide bonds. The minimum atomic E-state index is 0.177. The first-order chi connectivity index (χ1) is 4.83. The van der Waals surface area contributed by atoms with E-state index >= 15 is 0 Å². The monoisotopic (exact) mass is 137 g/mol. The Balaban J connectivity index is 2.62. The predicted molar refractivity (Wildman–Crippen MR) is 35.0 cm³/mol. The van der Waals surface area contributed by atoms with Crippen LogP contribution in [0.4, 0.5) is 0 Å². The number of allylic oxidation sites excluding steroid dienone is 2. The number of nitrogens with zero attached hydrogens (tertiary/aromatic N) is 1. The first-order valence-corrected chi connectivity index (χ1v) is 2.92. The van der Waals surface area contributed by atoms with Gasteiger partial charge in [-0.1, -0.05) is 0 Å². The Labute approximate surface area is 58.8 Å². The van der Waals surface area contributed by atoms with E-state index < -0.39 is 0 Å². The molecule has 0 fully saturated rings. The number of aliphatic hydroxyl groups excluding tert-OH is 1. The predicted octanol–water partition coefficient (Wildman–Crippen LogP) is 1.26. The molecule has 0 bridgehead atoms. The van der Waals surface area contributed by atoms with Gasteiger partial charge in [0.25, 0.3) is 0 Å². The Morgan fingerprint density at radius 2 is 2.60 bits per heavy atom. The number of rotatable bonds is 1. The van der Waals surface area contributed by atoms with Crippen LogP contribution in [0.15, 0.2) is 23.7 Å². The van der Waals surface area contributed by atoms with E-state index in [9.17, 15) is 0 Å². The van der Waals surface area contributed by atoms with Gasteiger partial charge in [0.2, 0.25) is 0 Å². The molecule has 3 heteroatoms. The highest BCUT2D eigenvalue weighted by molar-refractivity contribution is 5.19. The smallest absolute Gasteiger partial charge is 0.118 e. The molecule has 1 N–H and O–H groups in total. The minimum absolute atomic E-state index is 0.177. The molecule has 0 aromatic heterocycles. The SMILES string of the molecule is N#CCC1=CC(O)=CCO1. The molecule has 0 saturated carbocycles. The van der Waals surface area contributed by atoms with Crippen molar-refractivity contribution in [3.8, 4) is 6.07 Å². The lowest BCUT2D eigenvalue weighted by atomic mass is 10.3. The summed E-state index contributed by atoms with van der Waals surface area (Å²) in [5, 5.41) is 17.1. The second-order valence-corrected chi connectivity index (χ2v) is 1.89. The van der Waals surface area contributed by atoms with E-state index in [-0.39, 0.29) is 12.2 Å². The minimum Gasteiger partial charge on any atom is -0.508 e. The second kappa shape index (κ2) is 2.92. The summed E-state index contributed by atoms with van der Waals surface area (Å²) >= 11 is 0. The Morgan fingerprint density at radius 3 is 3.20 bits per heavy atom. The Bertz CT molecular complexity index is 222. The fourth-order valence-electron chi connectivity index (χ4n) is 0.680. The molecule has 10 heavy (non-hydrogen) atoms. The molecular weight excluding hydrogens is 130 g/mol. The standard InChI is InChI=1S/C7H7NO2/c8-3-1-7-5-6(9)2-4-10-7/h2,5,9H,1,4H2. The van der Waals surface area contributed by atoms with Gasteiger partial charge in [-0.2, -0.15) is 5.26 Å². The first kappa shape index (κ1) is 6.69. The van der Waals surface area contributed by atoms with Crippen molar-refractivity contribution in [2.24, 2.45) is 0 Å². The highest BCUT2D eigenvalue weighted by Gasteiger charge is 2.03. The van der Waals surface area contributed by atoms with Crippen LogP contribution in [0.1, 0.15) is 6.42 Å². The van der Waals surface area contributed by atoms with E-state index in [0.29, 0.717) is 12.4 Å². The Morgan fingerprint density at radius 1 is 1.80 bits per heavy atom. The van der Waals surface area contributed by atoms with Crippen LogP contribution in [0.5, 0.6) is 0 Å². The summed E-state index contributed by atoms with van der Waals surface area (Å²) in [5.41, 5.74) is 0. The van der Waals surface area contributed by atoms with Gasteiger partial charge >= 0.3 is 0 Å². The molecule has 0 radical (unpaired) electrons. The number of ether oxygens (including phenoxy) is 1. The normalized spacial score (nSPS) is 16.3. The highest BCUT2D eigenvalue weighted by Crippen LogP contribution is 2.10. The van der Waals surface area contributed by atoms with Crippen LogP contribution in [-0.4, -0.2) is 11.7 Å².